The summed E-state index contributed by atoms with van der Waals surface area (Å²) in [6.45, 7) is 4.56. The van der Waals surface area contributed by atoms with Crippen LogP contribution in [0, 0.1) is 6.92 Å². The van der Waals surface area contributed by atoms with Crippen molar-refractivity contribution in [3.63, 3.8) is 0 Å². The molecule has 5 heteroatoms. The predicted molar refractivity (Wildman–Crippen MR) is 126 cm³/mol. The number of hydrogen-bond donors (Lipinski definition) is 1. The topological polar surface area (TPSA) is 50.8 Å². The smallest absolute Gasteiger partial charge is 0.241 e. The van der Waals surface area contributed by atoms with E-state index < -0.39 is 0 Å². The number of carbonyl (C=O) groups is 1. The number of aryl methyl sites for hydroxylation is 1. The van der Waals surface area contributed by atoms with Crippen LogP contribution in [0.25, 0.3) is 11.1 Å². The highest BCUT2D eigenvalue weighted by Crippen LogP contribution is 2.31. The lowest BCUT2D eigenvalue weighted by Crippen LogP contribution is -2.39. The maximum atomic E-state index is 13.0. The number of nitrogens with one attached hydrogen (secondary N) is 1. The predicted octanol–water partition coefficient (Wildman–Crippen LogP) is 5.14. The third-order valence-electron chi connectivity index (χ3n) is 5.57. The van der Waals surface area contributed by atoms with Crippen LogP contribution in [0.2, 0.25) is 0 Å². The van der Waals surface area contributed by atoms with Crippen molar-refractivity contribution in [3.8, 4) is 22.6 Å². The van der Waals surface area contributed by atoms with E-state index in [0.29, 0.717) is 18.0 Å². The van der Waals surface area contributed by atoms with Gasteiger partial charge in [0.25, 0.3) is 0 Å². The number of ether oxygens (including phenoxy) is 2. The number of carbonyl (C=O) groups excluding carboxylic acids is 1. The maximum absolute atomic E-state index is 13.0. The number of likely N-dealkylation sites (N-methyl/N-ethyl adjacent to an activating group) is 1. The first kappa shape index (κ1) is 22.4. The molecule has 0 unspecified atom stereocenters. The number of nitrogens with zero attached hydrogens (tertiary/aromatic N) is 1. The summed E-state index contributed by atoms with van der Waals surface area (Å²) >= 11 is 0. The molecule has 3 aromatic carbocycles. The van der Waals surface area contributed by atoms with Gasteiger partial charge in [0.1, 0.15) is 0 Å². The number of para-hydroxylation sites is 1. The van der Waals surface area contributed by atoms with Gasteiger partial charge in [0.2, 0.25) is 5.91 Å². The molecule has 5 nitrogen and oxygen atoms in total. The molecular weight excluding hydrogens is 388 g/mol. The number of methoxy groups -OCH3 is 2. The zero-order valence-corrected chi connectivity index (χ0v) is 18.8. The van der Waals surface area contributed by atoms with E-state index >= 15 is 0 Å². The molecular formula is C26H30N2O3. The highest BCUT2D eigenvalue weighted by molar-refractivity contribution is 5.98. The van der Waals surface area contributed by atoms with Crippen LogP contribution in [0.15, 0.2) is 66.7 Å². The molecule has 0 bridgehead atoms. The van der Waals surface area contributed by atoms with Crippen LogP contribution in [-0.4, -0.2) is 38.1 Å². The highest BCUT2D eigenvalue weighted by Gasteiger charge is 2.21. The third kappa shape index (κ3) is 5.25. The van der Waals surface area contributed by atoms with E-state index in [-0.39, 0.29) is 11.9 Å². The van der Waals surface area contributed by atoms with Crippen molar-refractivity contribution < 1.29 is 14.3 Å². The van der Waals surface area contributed by atoms with Gasteiger partial charge >= 0.3 is 0 Å². The van der Waals surface area contributed by atoms with E-state index in [1.165, 1.54) is 0 Å². The lowest BCUT2D eigenvalue weighted by molar-refractivity contribution is -0.120. The number of rotatable bonds is 8. The van der Waals surface area contributed by atoms with Crippen molar-refractivity contribution in [2.24, 2.45) is 0 Å². The van der Waals surface area contributed by atoms with Gasteiger partial charge in [-0.05, 0) is 55.8 Å². The molecule has 0 heterocycles. The fraction of sp³-hybridized carbons (Fsp3) is 0.269. The number of anilines is 1. The molecule has 0 aromatic heterocycles. The van der Waals surface area contributed by atoms with E-state index in [4.69, 9.17) is 9.47 Å². The Labute approximate surface area is 184 Å². The van der Waals surface area contributed by atoms with Gasteiger partial charge < -0.3 is 14.8 Å². The van der Waals surface area contributed by atoms with Crippen LogP contribution < -0.4 is 14.8 Å². The quantitative estimate of drug-likeness (QED) is 0.550. The fourth-order valence-corrected chi connectivity index (χ4v) is 3.50. The van der Waals surface area contributed by atoms with Crippen molar-refractivity contribution in [2.75, 3.05) is 26.6 Å². The van der Waals surface area contributed by atoms with Gasteiger partial charge in [0.05, 0.1) is 20.3 Å². The Kier molecular flexibility index (Phi) is 7.32. The zero-order chi connectivity index (χ0) is 22.4. The van der Waals surface area contributed by atoms with Crippen LogP contribution >= 0.6 is 0 Å². The van der Waals surface area contributed by atoms with Gasteiger partial charge in [0.15, 0.2) is 11.5 Å². The minimum Gasteiger partial charge on any atom is -0.493 e. The summed E-state index contributed by atoms with van der Waals surface area (Å²) in [6.07, 6.45) is 0. The lowest BCUT2D eigenvalue weighted by atomic mass is 10.0. The average molecular weight is 419 g/mol. The van der Waals surface area contributed by atoms with Crippen LogP contribution in [0.4, 0.5) is 5.69 Å². The first-order chi connectivity index (χ1) is 14.9. The normalized spacial score (nSPS) is 11.8. The Balaban J connectivity index is 1.74. The molecule has 1 N–H and O–H groups in total. The van der Waals surface area contributed by atoms with Crippen LogP contribution in [-0.2, 0) is 11.3 Å². The first-order valence-electron chi connectivity index (χ1n) is 10.3. The molecule has 1 amide bonds. The second-order valence-electron chi connectivity index (χ2n) is 7.63. The highest BCUT2D eigenvalue weighted by atomic mass is 16.5. The maximum Gasteiger partial charge on any atom is 0.241 e. The molecule has 162 valence electrons. The second kappa shape index (κ2) is 10.1. The second-order valence-corrected chi connectivity index (χ2v) is 7.63. The Morgan fingerprint density at radius 3 is 2.26 bits per heavy atom. The monoisotopic (exact) mass is 418 g/mol. The average Bonchev–Trinajstić information content (AvgIpc) is 2.80. The number of amides is 1. The van der Waals surface area contributed by atoms with Crippen molar-refractivity contribution >= 4 is 11.6 Å². The molecule has 3 rings (SSSR count). The largest absolute Gasteiger partial charge is 0.493 e. The van der Waals surface area contributed by atoms with Gasteiger partial charge in [-0.15, -0.1) is 0 Å². The van der Waals surface area contributed by atoms with Gasteiger partial charge in [-0.2, -0.15) is 0 Å². The van der Waals surface area contributed by atoms with E-state index in [1.807, 2.05) is 92.5 Å². The molecule has 31 heavy (non-hydrogen) atoms. The standard InChI is InChI=1S/C26H30N2O3/c1-18-15-24(30-4)25(31-5)16-21(18)17-28(3)19(2)26(29)27-23-14-10-9-13-22(23)20-11-7-6-8-12-20/h6-16,19H,17H2,1-5H3,(H,27,29)/t19-/m1/s1. The summed E-state index contributed by atoms with van der Waals surface area (Å²) in [5.74, 6) is 1.34. The molecule has 0 fully saturated rings. The van der Waals surface area contributed by atoms with Crippen molar-refractivity contribution in [1.29, 1.82) is 0 Å². The minimum atomic E-state index is -0.323. The van der Waals surface area contributed by atoms with Crippen LogP contribution in [0.1, 0.15) is 18.1 Å². The molecule has 0 saturated heterocycles. The molecule has 0 radical (unpaired) electrons. The van der Waals surface area contributed by atoms with Crippen LogP contribution in [0.5, 0.6) is 11.5 Å². The van der Waals surface area contributed by atoms with Crippen molar-refractivity contribution in [2.45, 2.75) is 26.4 Å². The molecule has 0 saturated carbocycles. The summed E-state index contributed by atoms with van der Waals surface area (Å²) in [5.41, 5.74) is 5.06. The van der Waals surface area contributed by atoms with Gasteiger partial charge in [-0.25, -0.2) is 0 Å². The lowest BCUT2D eigenvalue weighted by Gasteiger charge is -2.25. The van der Waals surface area contributed by atoms with Gasteiger partial charge in [-0.3, -0.25) is 9.69 Å². The molecule has 0 aliphatic carbocycles. The van der Waals surface area contributed by atoms with E-state index in [0.717, 1.165) is 27.9 Å². The summed E-state index contributed by atoms with van der Waals surface area (Å²) in [7, 11) is 5.20. The van der Waals surface area contributed by atoms with E-state index in [2.05, 4.69) is 5.32 Å². The Morgan fingerprint density at radius 2 is 1.58 bits per heavy atom. The Bertz CT molecular complexity index is 1030. The van der Waals surface area contributed by atoms with Gasteiger partial charge in [-0.1, -0.05) is 48.5 Å². The number of benzene rings is 3. The van der Waals surface area contributed by atoms with Crippen molar-refractivity contribution in [1.82, 2.24) is 4.90 Å². The summed E-state index contributed by atoms with van der Waals surface area (Å²) in [5, 5.41) is 3.11. The summed E-state index contributed by atoms with van der Waals surface area (Å²) < 4.78 is 10.8. The fourth-order valence-electron chi connectivity index (χ4n) is 3.50. The molecule has 0 aliphatic heterocycles. The molecule has 0 aliphatic rings. The Morgan fingerprint density at radius 1 is 0.968 bits per heavy atom. The zero-order valence-electron chi connectivity index (χ0n) is 18.8. The third-order valence-corrected chi connectivity index (χ3v) is 5.57. The van der Waals surface area contributed by atoms with Gasteiger partial charge in [0, 0.05) is 17.8 Å². The van der Waals surface area contributed by atoms with Crippen molar-refractivity contribution in [3.05, 3.63) is 77.9 Å². The SMILES string of the molecule is COc1cc(C)c(CN(C)[C@H](C)C(=O)Nc2ccccc2-c2ccccc2)cc1OC. The molecule has 0 spiro atoms. The summed E-state index contributed by atoms with van der Waals surface area (Å²) in [6, 6.07) is 21.5. The molecule has 3 aromatic rings. The molecule has 1 atom stereocenters. The van der Waals surface area contributed by atoms with E-state index in [1.54, 1.807) is 14.2 Å². The minimum absolute atomic E-state index is 0.0518. The number of hydrogen-bond acceptors (Lipinski definition) is 4. The van der Waals surface area contributed by atoms with E-state index in [9.17, 15) is 4.79 Å². The Hall–Kier alpha value is -3.31. The first-order valence-corrected chi connectivity index (χ1v) is 10.3. The van der Waals surface area contributed by atoms with Crippen LogP contribution in [0.3, 0.4) is 0 Å². The summed E-state index contributed by atoms with van der Waals surface area (Å²) in [4.78, 5) is 15.1.